The summed E-state index contributed by atoms with van der Waals surface area (Å²) in [7, 11) is 2.16. The molecule has 0 unspecified atom stereocenters. The first-order valence-electron chi connectivity index (χ1n) is 28.4. The fourth-order valence-electron chi connectivity index (χ4n) is 11.4. The minimum absolute atomic E-state index is 0.0252. The second kappa shape index (κ2) is 26.9. The van der Waals surface area contributed by atoms with Crippen molar-refractivity contribution in [3.8, 4) is 17.1 Å². The standard InChI is InChI=1S/C53H82N16O13/c1-66-14-16-67(17-15-66)30-10-13-34-35(20-30)61-50(60-34)27-8-11-31(12-9-27)76-19-18-68-24-28(62-64-68)6-4-2-3-5-7-29-25-69(65-63-29)26-38-48(81-52-40(59)45(74)43(72)37(23-55)78-52)46(75)53(79-38)82-49-41(70)32(56)21-33(57)47(49)80-51-39(58)44(73)42(71)36(22-54)77-51/h8-13,20,24-25,32-33,36-49,51-53,70-75H,2-7,14-19,21-23,26,54-59H2,1H3,(H,60,61)/t32-,33+,36-,37+,38-,39-,40-,41+,42-,43-,44-,45-,46-,47-,48-,49-,51-,52-,53+/m1/s1. The number of aliphatic hydroxyl groups is 6. The lowest BCUT2D eigenvalue weighted by Crippen LogP contribution is -2.68. The zero-order valence-corrected chi connectivity index (χ0v) is 46.0. The van der Waals surface area contributed by atoms with Gasteiger partial charge in [-0.05, 0) is 81.6 Å². The molecule has 82 heavy (non-hydrogen) atoms. The molecule has 3 aromatic heterocycles. The summed E-state index contributed by atoms with van der Waals surface area (Å²) < 4.78 is 46.2. The maximum atomic E-state index is 11.9. The summed E-state index contributed by atoms with van der Waals surface area (Å²) in [6.07, 6.45) is -11.1. The molecule has 5 aliphatic rings. The number of unbranched alkanes of at least 4 members (excludes halogenated alkanes) is 3. The Labute approximate surface area is 474 Å². The van der Waals surface area contributed by atoms with Gasteiger partial charge in [0, 0.05) is 75.0 Å². The van der Waals surface area contributed by atoms with E-state index in [9.17, 15) is 30.6 Å². The van der Waals surface area contributed by atoms with E-state index in [0.717, 1.165) is 97.8 Å². The van der Waals surface area contributed by atoms with Gasteiger partial charge in [-0.1, -0.05) is 23.3 Å². The summed E-state index contributed by atoms with van der Waals surface area (Å²) in [5.41, 5.74) is 42.7. The van der Waals surface area contributed by atoms with E-state index >= 15 is 0 Å². The lowest BCUT2D eigenvalue weighted by Gasteiger charge is -2.47. The number of benzene rings is 2. The molecule has 5 fully saturated rings. The maximum Gasteiger partial charge on any atom is 0.187 e. The van der Waals surface area contributed by atoms with Gasteiger partial charge < -0.3 is 113 Å². The molecule has 0 bridgehead atoms. The largest absolute Gasteiger partial charge is 0.492 e. The van der Waals surface area contributed by atoms with Crippen LogP contribution in [0.1, 0.15) is 43.5 Å². The molecule has 29 nitrogen and oxygen atoms in total. The van der Waals surface area contributed by atoms with Gasteiger partial charge in [0.2, 0.25) is 0 Å². The monoisotopic (exact) mass is 1150 g/mol. The topological polar surface area (TPSA) is 439 Å². The highest BCUT2D eigenvalue weighted by atomic mass is 16.8. The third-order valence-electron chi connectivity index (χ3n) is 16.4. The molecule has 1 aliphatic carbocycles. The number of hydrogen-bond acceptors (Lipinski definition) is 26. The van der Waals surface area contributed by atoms with Crippen LogP contribution in [0.4, 0.5) is 5.69 Å². The van der Waals surface area contributed by atoms with Gasteiger partial charge in [-0.2, -0.15) is 0 Å². The smallest absolute Gasteiger partial charge is 0.187 e. The van der Waals surface area contributed by atoms with Crippen LogP contribution in [0.15, 0.2) is 54.9 Å². The number of aromatic amines is 1. The number of aliphatic hydroxyl groups excluding tert-OH is 6. The number of hydrogen-bond donors (Lipinski definition) is 13. The van der Waals surface area contributed by atoms with Gasteiger partial charge in [0.1, 0.15) is 85.3 Å². The molecule has 2 aromatic carbocycles. The predicted octanol–water partition coefficient (Wildman–Crippen LogP) is -4.28. The number of aromatic nitrogens is 8. The first-order chi connectivity index (χ1) is 39.5. The minimum Gasteiger partial charge on any atom is -0.492 e. The molecule has 19 N–H and O–H groups in total. The van der Waals surface area contributed by atoms with Gasteiger partial charge in [-0.25, -0.2) is 14.3 Å². The normalized spacial score (nSPS) is 34.7. The van der Waals surface area contributed by atoms with Gasteiger partial charge in [0.15, 0.2) is 18.9 Å². The summed E-state index contributed by atoms with van der Waals surface area (Å²) in [5.74, 6) is 1.57. The summed E-state index contributed by atoms with van der Waals surface area (Å²) in [6.45, 7) is 4.73. The van der Waals surface area contributed by atoms with Crippen molar-refractivity contribution in [2.45, 2.75) is 174 Å². The average Bonchev–Trinajstić information content (AvgIpc) is 4.04. The van der Waals surface area contributed by atoms with Crippen molar-refractivity contribution < 1.29 is 63.8 Å². The Kier molecular flexibility index (Phi) is 19.8. The van der Waals surface area contributed by atoms with E-state index in [4.69, 9.17) is 72.5 Å². The van der Waals surface area contributed by atoms with Gasteiger partial charge in [0.25, 0.3) is 0 Å². The molecular weight excluding hydrogens is 1070 g/mol. The van der Waals surface area contributed by atoms with Crippen LogP contribution in [0.3, 0.4) is 0 Å². The number of fused-ring (bicyclic) bond motifs is 1. The Bertz CT molecular complexity index is 2790. The second-order valence-electron chi connectivity index (χ2n) is 22.3. The molecule has 7 heterocycles. The molecule has 29 heteroatoms. The summed E-state index contributed by atoms with van der Waals surface area (Å²) in [5, 5.41) is 83.2. The number of nitrogens with zero attached hydrogens (tertiary/aromatic N) is 9. The number of H-pyrrole nitrogens is 1. The van der Waals surface area contributed by atoms with Crippen LogP contribution in [0, 0.1) is 0 Å². The molecule has 10 rings (SSSR count). The number of likely N-dealkylation sites (N-methyl/N-ethyl adjacent to an activating group) is 1. The van der Waals surface area contributed by atoms with Crippen LogP contribution in [0.25, 0.3) is 22.4 Å². The number of aryl methyl sites for hydroxylation is 2. The number of nitrogens with two attached hydrogens (primary N) is 6. The number of nitrogens with one attached hydrogen (secondary N) is 1. The van der Waals surface area contributed by atoms with Crippen LogP contribution in [-0.4, -0.2) is 245 Å². The molecule has 0 spiro atoms. The van der Waals surface area contributed by atoms with Crippen molar-refractivity contribution in [3.63, 3.8) is 0 Å². The Morgan fingerprint density at radius 2 is 1.21 bits per heavy atom. The van der Waals surface area contributed by atoms with Crippen LogP contribution in [0.5, 0.6) is 5.75 Å². The van der Waals surface area contributed by atoms with Crippen molar-refractivity contribution in [3.05, 3.63) is 66.2 Å². The molecule has 4 aliphatic heterocycles. The van der Waals surface area contributed by atoms with E-state index in [-0.39, 0.29) is 26.1 Å². The molecule has 5 aromatic rings. The third-order valence-corrected chi connectivity index (χ3v) is 16.4. The lowest BCUT2D eigenvalue weighted by atomic mass is 9.84. The third kappa shape index (κ3) is 13.7. The summed E-state index contributed by atoms with van der Waals surface area (Å²) >= 11 is 0. The van der Waals surface area contributed by atoms with Crippen molar-refractivity contribution >= 4 is 16.7 Å². The quantitative estimate of drug-likeness (QED) is 0.0275. The van der Waals surface area contributed by atoms with Crippen LogP contribution >= 0.6 is 0 Å². The molecular formula is C53H82N16O13. The van der Waals surface area contributed by atoms with Crippen LogP contribution < -0.4 is 44.0 Å². The average molecular weight is 1150 g/mol. The number of piperazine rings is 1. The minimum atomic E-state index is -1.61. The van der Waals surface area contributed by atoms with E-state index < -0.39 is 116 Å². The summed E-state index contributed by atoms with van der Waals surface area (Å²) in [4.78, 5) is 13.1. The number of anilines is 1. The van der Waals surface area contributed by atoms with E-state index in [1.54, 1.807) is 10.9 Å². The maximum absolute atomic E-state index is 11.9. The van der Waals surface area contributed by atoms with Gasteiger partial charge in [-0.3, -0.25) is 0 Å². The van der Waals surface area contributed by atoms with E-state index in [2.05, 4.69) is 60.7 Å². The second-order valence-corrected chi connectivity index (χ2v) is 22.3. The Hall–Kier alpha value is -4.97. The molecule has 1 saturated carbocycles. The van der Waals surface area contributed by atoms with Crippen molar-refractivity contribution in [2.24, 2.45) is 34.4 Å². The SMILES string of the molecule is CN1CCN(c2ccc3nc(-c4ccc(OCCn5cc(CCCCCCc6cn(C[C@H]7O[C@@H](O[C@@H]8[C@@H](O)[C@H](N)C[C@H](N)[C@H]8O[C@H]8O[C@H](CN)[C@@H](O)[C@H](O)[C@H]8N)[C@H](O)[C@@H]7O[C@H]7O[C@@H](CN)[C@@H](O)[C@H](O)[C@H]7N)nn6)nn5)cc4)[nH]c3c2)CC1. The zero-order chi connectivity index (χ0) is 57.8. The fourth-order valence-corrected chi connectivity index (χ4v) is 11.4. The fraction of sp³-hybridized carbons (Fsp3) is 0.679. The van der Waals surface area contributed by atoms with Gasteiger partial charge in [0.05, 0.1) is 53.7 Å². The van der Waals surface area contributed by atoms with E-state index in [1.165, 1.54) is 10.4 Å². The molecule has 19 atom stereocenters. The summed E-state index contributed by atoms with van der Waals surface area (Å²) in [6, 6.07) is 10.0. The number of ether oxygens (including phenoxy) is 7. The number of rotatable bonds is 23. The highest BCUT2D eigenvalue weighted by Gasteiger charge is 2.54. The van der Waals surface area contributed by atoms with Crippen LogP contribution in [-0.2, 0) is 54.4 Å². The zero-order valence-electron chi connectivity index (χ0n) is 46.0. The Morgan fingerprint density at radius 3 is 1.84 bits per heavy atom. The van der Waals surface area contributed by atoms with Crippen molar-refractivity contribution in [1.29, 1.82) is 0 Å². The highest BCUT2D eigenvalue weighted by Crippen LogP contribution is 2.35. The number of imidazole rings is 1. The Morgan fingerprint density at radius 1 is 0.622 bits per heavy atom. The molecule has 452 valence electrons. The highest BCUT2D eigenvalue weighted by molar-refractivity contribution is 5.83. The molecule has 0 radical (unpaired) electrons. The Balaban J connectivity index is 0.688. The van der Waals surface area contributed by atoms with Gasteiger partial charge in [-0.15, -0.1) is 10.2 Å². The van der Waals surface area contributed by atoms with E-state index in [1.807, 2.05) is 30.5 Å². The van der Waals surface area contributed by atoms with Crippen molar-refractivity contribution in [1.82, 2.24) is 44.9 Å². The first-order valence-corrected chi connectivity index (χ1v) is 28.4. The lowest BCUT2D eigenvalue weighted by molar-refractivity contribution is -0.306. The van der Waals surface area contributed by atoms with Gasteiger partial charge >= 0.3 is 0 Å². The van der Waals surface area contributed by atoms with E-state index in [0.29, 0.717) is 19.6 Å². The molecule has 4 saturated heterocycles. The van der Waals surface area contributed by atoms with Crippen LogP contribution in [0.2, 0.25) is 0 Å². The predicted molar refractivity (Wildman–Crippen MR) is 294 cm³/mol. The first kappa shape index (κ1) is 60.2. The van der Waals surface area contributed by atoms with Crippen molar-refractivity contribution in [2.75, 3.05) is 57.8 Å². The molecule has 0 amide bonds.